The van der Waals surface area contributed by atoms with Gasteiger partial charge in [0.15, 0.2) is 0 Å². The molecule has 2 amide bonds. The molecule has 0 heterocycles. The minimum absolute atomic E-state index is 0.0109. The Bertz CT molecular complexity index is 432. The van der Waals surface area contributed by atoms with Crippen LogP contribution in [0.4, 0.5) is 0 Å². The third-order valence-electron chi connectivity index (χ3n) is 5.60. The second-order valence-electron chi connectivity index (χ2n) is 8.88. The van der Waals surface area contributed by atoms with Gasteiger partial charge in [-0.2, -0.15) is 0 Å². The van der Waals surface area contributed by atoms with Gasteiger partial charge in [-0.3, -0.25) is 9.59 Å². The Labute approximate surface area is 198 Å². The maximum Gasteiger partial charge on any atom is 0.245 e. The monoisotopic (exact) mass is 456 g/mol. The van der Waals surface area contributed by atoms with E-state index in [2.05, 4.69) is 24.5 Å². The maximum atomic E-state index is 11.8. The van der Waals surface area contributed by atoms with Crippen molar-refractivity contribution in [3.05, 3.63) is 0 Å². The van der Waals surface area contributed by atoms with Crippen molar-refractivity contribution in [2.45, 2.75) is 111 Å². The third-order valence-corrected chi connectivity index (χ3v) is 5.60. The largest absolute Gasteiger partial charge is 0.381 e. The Morgan fingerprint density at radius 3 is 1.81 bits per heavy atom. The number of carbonyl (C=O) groups is 2. The molecule has 0 saturated carbocycles. The Hall–Kier alpha value is -1.14. The predicted molar refractivity (Wildman–Crippen MR) is 133 cm³/mol. The van der Waals surface area contributed by atoms with Crippen LogP contribution < -0.4 is 10.6 Å². The summed E-state index contributed by atoms with van der Waals surface area (Å²) in [5, 5.41) is 5.93. The van der Waals surface area contributed by atoms with Gasteiger partial charge in [-0.15, -0.1) is 0 Å². The van der Waals surface area contributed by atoms with Crippen molar-refractivity contribution in [3.63, 3.8) is 0 Å². The summed E-state index contributed by atoms with van der Waals surface area (Å²) >= 11 is 0. The van der Waals surface area contributed by atoms with Gasteiger partial charge in [-0.05, 0) is 51.4 Å². The number of nitrogens with one attached hydrogen (secondary N) is 2. The summed E-state index contributed by atoms with van der Waals surface area (Å²) in [5.41, 5.74) is 0. The molecule has 6 heteroatoms. The smallest absolute Gasteiger partial charge is 0.245 e. The third kappa shape index (κ3) is 22.1. The van der Waals surface area contributed by atoms with Crippen LogP contribution in [0.2, 0.25) is 0 Å². The van der Waals surface area contributed by atoms with Crippen molar-refractivity contribution >= 4 is 11.8 Å². The summed E-state index contributed by atoms with van der Waals surface area (Å²) in [7, 11) is 0. The number of carbonyl (C=O) groups excluding carboxylic acids is 2. The summed E-state index contributed by atoms with van der Waals surface area (Å²) in [5.74, 6) is 0.295. The molecule has 0 fully saturated rings. The minimum Gasteiger partial charge on any atom is -0.381 e. The number of hydrogen-bond acceptors (Lipinski definition) is 4. The van der Waals surface area contributed by atoms with Crippen LogP contribution in [-0.2, 0) is 19.1 Å². The molecule has 190 valence electrons. The predicted octanol–water partition coefficient (Wildman–Crippen LogP) is 5.39. The van der Waals surface area contributed by atoms with Gasteiger partial charge >= 0.3 is 0 Å². The second-order valence-corrected chi connectivity index (χ2v) is 8.88. The van der Waals surface area contributed by atoms with Crippen molar-refractivity contribution < 1.29 is 19.1 Å². The standard InChI is InChI=1S/C26H52N2O4/c1-4-6-7-8-9-14-22-32-23-25(29)27-18-12-10-15-20-31-21-16-11-13-19-28-26(30)24(3)17-5-2/h24H,4-23H2,1-3H3,(H,27,29)(H,28,30). The molecule has 0 radical (unpaired) electrons. The number of unbranched alkanes of at least 4 members (excludes halogenated alkanes) is 9. The van der Waals surface area contributed by atoms with Crippen LogP contribution in [0.25, 0.3) is 0 Å². The molecule has 1 atom stereocenters. The second kappa shape index (κ2) is 24.5. The van der Waals surface area contributed by atoms with Crippen molar-refractivity contribution in [2.75, 3.05) is 39.5 Å². The number of ether oxygens (including phenoxy) is 2. The molecule has 0 aliphatic carbocycles. The van der Waals surface area contributed by atoms with E-state index in [0.717, 1.165) is 77.5 Å². The van der Waals surface area contributed by atoms with Gasteiger partial charge in [0.05, 0.1) is 0 Å². The summed E-state index contributed by atoms with van der Waals surface area (Å²) < 4.78 is 11.1. The fraction of sp³-hybridized carbons (Fsp3) is 0.923. The molecule has 0 saturated heterocycles. The van der Waals surface area contributed by atoms with Gasteiger partial charge in [0.25, 0.3) is 0 Å². The van der Waals surface area contributed by atoms with Crippen molar-refractivity contribution in [2.24, 2.45) is 5.92 Å². The van der Waals surface area contributed by atoms with Crippen molar-refractivity contribution in [3.8, 4) is 0 Å². The molecule has 0 aromatic carbocycles. The van der Waals surface area contributed by atoms with Crippen LogP contribution in [0.3, 0.4) is 0 Å². The SMILES string of the molecule is CCCCCCCCOCC(=O)NCCCCCOCCCCCNC(=O)C(C)CCC. The van der Waals surface area contributed by atoms with Crippen LogP contribution in [0.5, 0.6) is 0 Å². The molecule has 2 N–H and O–H groups in total. The molecule has 0 aromatic heterocycles. The first-order chi connectivity index (χ1) is 15.6. The zero-order chi connectivity index (χ0) is 23.7. The lowest BCUT2D eigenvalue weighted by atomic mass is 10.1. The molecule has 0 rings (SSSR count). The van der Waals surface area contributed by atoms with Crippen LogP contribution in [0.1, 0.15) is 111 Å². The molecule has 32 heavy (non-hydrogen) atoms. The molecule has 0 aliphatic heterocycles. The topological polar surface area (TPSA) is 76.7 Å². The number of hydrogen-bond donors (Lipinski definition) is 2. The van der Waals surface area contributed by atoms with E-state index in [-0.39, 0.29) is 24.3 Å². The average Bonchev–Trinajstić information content (AvgIpc) is 2.78. The number of amides is 2. The lowest BCUT2D eigenvalue weighted by Gasteiger charge is -2.11. The lowest BCUT2D eigenvalue weighted by Crippen LogP contribution is -2.29. The average molecular weight is 457 g/mol. The highest BCUT2D eigenvalue weighted by molar-refractivity contribution is 5.78. The molecular formula is C26H52N2O4. The zero-order valence-electron chi connectivity index (χ0n) is 21.4. The van der Waals surface area contributed by atoms with Gasteiger partial charge in [0.2, 0.25) is 11.8 Å². The summed E-state index contributed by atoms with van der Waals surface area (Å²) in [6.45, 7) is 10.2. The Morgan fingerprint density at radius 2 is 1.19 bits per heavy atom. The van der Waals surface area contributed by atoms with Gasteiger partial charge in [0.1, 0.15) is 6.61 Å². The van der Waals surface area contributed by atoms with Gasteiger partial charge in [-0.1, -0.05) is 59.3 Å². The van der Waals surface area contributed by atoms with Crippen LogP contribution in [-0.4, -0.2) is 51.3 Å². The summed E-state index contributed by atoms with van der Waals surface area (Å²) in [6, 6.07) is 0. The quantitative estimate of drug-likeness (QED) is 0.191. The van der Waals surface area contributed by atoms with E-state index in [1.165, 1.54) is 32.1 Å². The molecule has 0 aliphatic rings. The zero-order valence-corrected chi connectivity index (χ0v) is 21.4. The molecule has 0 aromatic rings. The van der Waals surface area contributed by atoms with E-state index >= 15 is 0 Å². The normalized spacial score (nSPS) is 12.0. The van der Waals surface area contributed by atoms with E-state index in [0.29, 0.717) is 13.2 Å². The van der Waals surface area contributed by atoms with E-state index < -0.39 is 0 Å². The highest BCUT2D eigenvalue weighted by Gasteiger charge is 2.10. The minimum atomic E-state index is -0.0109. The van der Waals surface area contributed by atoms with Crippen molar-refractivity contribution in [1.29, 1.82) is 0 Å². The first kappa shape index (κ1) is 30.9. The highest BCUT2D eigenvalue weighted by atomic mass is 16.5. The fourth-order valence-corrected chi connectivity index (χ4v) is 3.49. The first-order valence-corrected chi connectivity index (χ1v) is 13.3. The summed E-state index contributed by atoms with van der Waals surface area (Å²) in [4.78, 5) is 23.5. The van der Waals surface area contributed by atoms with E-state index in [1.54, 1.807) is 0 Å². The molecule has 1 unspecified atom stereocenters. The lowest BCUT2D eigenvalue weighted by molar-refractivity contribution is -0.126. The van der Waals surface area contributed by atoms with Crippen molar-refractivity contribution in [1.82, 2.24) is 10.6 Å². The van der Waals surface area contributed by atoms with E-state index in [9.17, 15) is 9.59 Å². The molecule has 6 nitrogen and oxygen atoms in total. The van der Waals surface area contributed by atoms with Crippen LogP contribution in [0.15, 0.2) is 0 Å². The molecule has 0 spiro atoms. The maximum absolute atomic E-state index is 11.8. The van der Waals surface area contributed by atoms with E-state index in [4.69, 9.17) is 9.47 Å². The van der Waals surface area contributed by atoms with Crippen LogP contribution >= 0.6 is 0 Å². The van der Waals surface area contributed by atoms with Gasteiger partial charge in [-0.25, -0.2) is 0 Å². The number of rotatable bonds is 24. The van der Waals surface area contributed by atoms with E-state index in [1.807, 2.05) is 6.92 Å². The Balaban J connectivity index is 3.24. The highest BCUT2D eigenvalue weighted by Crippen LogP contribution is 2.06. The fourth-order valence-electron chi connectivity index (χ4n) is 3.49. The van der Waals surface area contributed by atoms with Crippen LogP contribution in [0, 0.1) is 5.92 Å². The first-order valence-electron chi connectivity index (χ1n) is 13.3. The Kier molecular flexibility index (Phi) is 23.6. The summed E-state index contributed by atoms with van der Waals surface area (Å²) in [6.07, 6.45) is 15.6. The molecular weight excluding hydrogens is 404 g/mol. The molecule has 0 bridgehead atoms. The van der Waals surface area contributed by atoms with Gasteiger partial charge < -0.3 is 20.1 Å². The Morgan fingerprint density at radius 1 is 0.656 bits per heavy atom. The van der Waals surface area contributed by atoms with Gasteiger partial charge in [0, 0.05) is 38.8 Å².